The maximum absolute atomic E-state index is 11.2. The number of likely N-dealkylation sites (N-methyl/N-ethyl adjacent to an activating group) is 1. The number of ketones is 1. The van der Waals surface area contributed by atoms with E-state index in [0.29, 0.717) is 12.5 Å². The molecule has 0 radical (unpaired) electrons. The number of methoxy groups -OCH3 is 1. The minimum atomic E-state index is 0.166. The van der Waals surface area contributed by atoms with Gasteiger partial charge in [-0.3, -0.25) is 4.79 Å². The van der Waals surface area contributed by atoms with Crippen LogP contribution in [-0.2, 0) is 4.79 Å². The molecule has 0 fully saturated rings. The van der Waals surface area contributed by atoms with Crippen LogP contribution in [0.15, 0.2) is 12.1 Å². The van der Waals surface area contributed by atoms with Crippen molar-refractivity contribution >= 4 is 11.5 Å². The molecule has 1 rings (SSSR count). The van der Waals surface area contributed by atoms with Crippen molar-refractivity contribution in [2.24, 2.45) is 0 Å². The molecule has 3 nitrogen and oxygen atoms in total. The van der Waals surface area contributed by atoms with E-state index in [4.69, 9.17) is 4.74 Å². The fourth-order valence-electron chi connectivity index (χ4n) is 2.14. The third kappa shape index (κ3) is 3.25. The van der Waals surface area contributed by atoms with Gasteiger partial charge in [-0.1, -0.05) is 13.8 Å². The number of Topliss-reactive ketones (excluding diaryl/α,β-unsaturated/α-hetero) is 1. The number of anilines is 1. The Morgan fingerprint density at radius 3 is 2.44 bits per heavy atom. The van der Waals surface area contributed by atoms with Crippen LogP contribution < -0.4 is 9.64 Å². The number of carbonyl (C=O) groups excluding carboxylic acids is 1. The van der Waals surface area contributed by atoms with Crippen molar-refractivity contribution in [3.05, 3.63) is 23.3 Å². The van der Waals surface area contributed by atoms with Crippen LogP contribution in [0.3, 0.4) is 0 Å². The van der Waals surface area contributed by atoms with Gasteiger partial charge in [-0.05, 0) is 43.0 Å². The Hall–Kier alpha value is -1.51. The van der Waals surface area contributed by atoms with E-state index in [1.54, 1.807) is 14.0 Å². The Kier molecular flexibility index (Phi) is 4.76. The van der Waals surface area contributed by atoms with Gasteiger partial charge in [0.1, 0.15) is 11.5 Å². The average Bonchev–Trinajstić information content (AvgIpc) is 2.26. The zero-order valence-electron chi connectivity index (χ0n) is 12.2. The van der Waals surface area contributed by atoms with Crippen LogP contribution in [-0.4, -0.2) is 26.5 Å². The first-order chi connectivity index (χ1) is 8.36. The zero-order valence-corrected chi connectivity index (χ0v) is 12.2. The Morgan fingerprint density at radius 2 is 2.00 bits per heavy atom. The van der Waals surface area contributed by atoms with Gasteiger partial charge in [-0.2, -0.15) is 0 Å². The number of ether oxygens (including phenoxy) is 1. The van der Waals surface area contributed by atoms with Crippen LogP contribution in [0.2, 0.25) is 0 Å². The molecule has 0 aliphatic rings. The zero-order chi connectivity index (χ0) is 13.9. The van der Waals surface area contributed by atoms with Gasteiger partial charge in [0.25, 0.3) is 0 Å². The highest BCUT2D eigenvalue weighted by molar-refractivity contribution is 5.81. The lowest BCUT2D eigenvalue weighted by Gasteiger charge is -2.23. The summed E-state index contributed by atoms with van der Waals surface area (Å²) >= 11 is 0. The van der Waals surface area contributed by atoms with Crippen molar-refractivity contribution in [1.29, 1.82) is 0 Å². The second-order valence-corrected chi connectivity index (χ2v) is 5.09. The second kappa shape index (κ2) is 5.89. The molecule has 0 spiro atoms. The molecule has 0 bridgehead atoms. The second-order valence-electron chi connectivity index (χ2n) is 5.09. The third-order valence-corrected chi connectivity index (χ3v) is 3.04. The molecule has 0 aliphatic carbocycles. The number of carbonyl (C=O) groups is 1. The highest BCUT2D eigenvalue weighted by Gasteiger charge is 2.14. The predicted molar refractivity (Wildman–Crippen MR) is 75.8 cm³/mol. The number of nitrogens with zero attached hydrogens (tertiary/aromatic N) is 1. The van der Waals surface area contributed by atoms with Crippen LogP contribution in [0.5, 0.6) is 5.75 Å². The molecular weight excluding hydrogens is 226 g/mol. The first kappa shape index (κ1) is 14.6. The van der Waals surface area contributed by atoms with Gasteiger partial charge in [0.15, 0.2) is 0 Å². The van der Waals surface area contributed by atoms with E-state index in [2.05, 4.69) is 19.9 Å². The quantitative estimate of drug-likeness (QED) is 0.803. The van der Waals surface area contributed by atoms with E-state index in [1.165, 1.54) is 5.56 Å². The predicted octanol–water partition coefficient (Wildman–Crippen LogP) is 3.15. The molecule has 3 heteroatoms. The van der Waals surface area contributed by atoms with Crippen molar-refractivity contribution in [2.45, 2.75) is 33.6 Å². The maximum Gasteiger partial charge on any atom is 0.149 e. The molecular formula is C15H23NO2. The summed E-state index contributed by atoms with van der Waals surface area (Å²) in [6.45, 7) is 8.37. The van der Waals surface area contributed by atoms with E-state index in [-0.39, 0.29) is 5.78 Å². The topological polar surface area (TPSA) is 29.5 Å². The first-order valence-electron chi connectivity index (χ1n) is 6.26. The molecule has 0 N–H and O–H groups in total. The summed E-state index contributed by atoms with van der Waals surface area (Å²) in [5, 5.41) is 0. The van der Waals surface area contributed by atoms with Crippen LogP contribution in [0, 0.1) is 6.92 Å². The molecule has 0 atom stereocenters. The van der Waals surface area contributed by atoms with Crippen LogP contribution in [0.1, 0.15) is 37.8 Å². The molecule has 1 aromatic carbocycles. The van der Waals surface area contributed by atoms with Gasteiger partial charge in [0.2, 0.25) is 0 Å². The molecule has 0 saturated heterocycles. The van der Waals surface area contributed by atoms with Crippen LogP contribution >= 0.6 is 0 Å². The van der Waals surface area contributed by atoms with E-state index < -0.39 is 0 Å². The van der Waals surface area contributed by atoms with Crippen molar-refractivity contribution in [1.82, 2.24) is 0 Å². The smallest absolute Gasteiger partial charge is 0.149 e. The molecule has 0 amide bonds. The minimum absolute atomic E-state index is 0.166. The number of benzene rings is 1. The Morgan fingerprint density at radius 1 is 1.39 bits per heavy atom. The highest BCUT2D eigenvalue weighted by atomic mass is 16.5. The number of hydrogen-bond donors (Lipinski definition) is 0. The SMILES string of the molecule is COc1cc(C)c(N(C)CC(C)=O)cc1C(C)C. The number of rotatable bonds is 5. The van der Waals surface area contributed by atoms with Crippen LogP contribution in [0.25, 0.3) is 0 Å². The highest BCUT2D eigenvalue weighted by Crippen LogP contribution is 2.33. The first-order valence-corrected chi connectivity index (χ1v) is 6.26. The summed E-state index contributed by atoms with van der Waals surface area (Å²) in [5.74, 6) is 1.48. The Bertz CT molecular complexity index is 438. The molecule has 18 heavy (non-hydrogen) atoms. The molecule has 0 aromatic heterocycles. The summed E-state index contributed by atoms with van der Waals surface area (Å²) in [4.78, 5) is 13.2. The van der Waals surface area contributed by atoms with Gasteiger partial charge < -0.3 is 9.64 Å². The largest absolute Gasteiger partial charge is 0.496 e. The van der Waals surface area contributed by atoms with Gasteiger partial charge in [-0.15, -0.1) is 0 Å². The van der Waals surface area contributed by atoms with E-state index in [0.717, 1.165) is 17.0 Å². The number of aryl methyl sites for hydroxylation is 1. The Labute approximate surface area is 110 Å². The standard InChI is InChI=1S/C15H23NO2/c1-10(2)13-8-14(16(5)9-12(4)17)11(3)7-15(13)18-6/h7-8,10H,9H2,1-6H3. The van der Waals surface area contributed by atoms with E-state index in [9.17, 15) is 4.79 Å². The van der Waals surface area contributed by atoms with Crippen molar-refractivity contribution in [3.8, 4) is 5.75 Å². The summed E-state index contributed by atoms with van der Waals surface area (Å²) in [7, 11) is 3.64. The molecule has 0 aliphatic heterocycles. The normalized spacial score (nSPS) is 10.6. The molecule has 1 aromatic rings. The molecule has 0 unspecified atom stereocenters. The lowest BCUT2D eigenvalue weighted by atomic mass is 9.98. The van der Waals surface area contributed by atoms with E-state index in [1.807, 2.05) is 24.9 Å². The third-order valence-electron chi connectivity index (χ3n) is 3.04. The maximum atomic E-state index is 11.2. The fraction of sp³-hybridized carbons (Fsp3) is 0.533. The van der Waals surface area contributed by atoms with E-state index >= 15 is 0 Å². The summed E-state index contributed by atoms with van der Waals surface area (Å²) in [6.07, 6.45) is 0. The average molecular weight is 249 g/mol. The molecule has 0 heterocycles. The number of hydrogen-bond acceptors (Lipinski definition) is 3. The van der Waals surface area contributed by atoms with Gasteiger partial charge >= 0.3 is 0 Å². The lowest BCUT2D eigenvalue weighted by molar-refractivity contribution is -0.115. The summed E-state index contributed by atoms with van der Waals surface area (Å²) < 4.78 is 5.42. The monoisotopic (exact) mass is 249 g/mol. The summed E-state index contributed by atoms with van der Waals surface area (Å²) in [6, 6.07) is 4.17. The Balaban J connectivity index is 3.20. The van der Waals surface area contributed by atoms with Crippen molar-refractivity contribution < 1.29 is 9.53 Å². The molecule has 100 valence electrons. The van der Waals surface area contributed by atoms with Gasteiger partial charge in [0, 0.05) is 12.7 Å². The summed E-state index contributed by atoms with van der Waals surface area (Å²) in [5.41, 5.74) is 3.39. The van der Waals surface area contributed by atoms with Crippen molar-refractivity contribution in [3.63, 3.8) is 0 Å². The fourth-order valence-corrected chi connectivity index (χ4v) is 2.14. The van der Waals surface area contributed by atoms with Gasteiger partial charge in [0.05, 0.1) is 13.7 Å². The van der Waals surface area contributed by atoms with Crippen LogP contribution in [0.4, 0.5) is 5.69 Å². The molecule has 0 saturated carbocycles. The minimum Gasteiger partial charge on any atom is -0.496 e. The lowest BCUT2D eigenvalue weighted by Crippen LogP contribution is -2.24. The van der Waals surface area contributed by atoms with Gasteiger partial charge in [-0.25, -0.2) is 0 Å². The van der Waals surface area contributed by atoms with Crippen molar-refractivity contribution in [2.75, 3.05) is 25.6 Å².